The quantitative estimate of drug-likeness (QED) is 0.491. The Morgan fingerprint density at radius 2 is 2.00 bits per heavy atom. The topological polar surface area (TPSA) is 78.4 Å². The molecule has 3 N–H and O–H groups in total. The smallest absolute Gasteiger partial charge is 0.245 e. The van der Waals surface area contributed by atoms with Crippen LogP contribution in [0.5, 0.6) is 0 Å². The monoisotopic (exact) mass is 174 g/mol. The highest BCUT2D eigenvalue weighted by atomic mass is 16.3. The second-order valence-corrected chi connectivity index (χ2v) is 2.50. The van der Waals surface area contributed by atoms with Crippen LogP contribution in [0.1, 0.15) is 13.3 Å². The van der Waals surface area contributed by atoms with Gasteiger partial charge in [-0.1, -0.05) is 0 Å². The van der Waals surface area contributed by atoms with Crippen LogP contribution in [0.25, 0.3) is 0 Å². The molecule has 0 heterocycles. The van der Waals surface area contributed by atoms with E-state index in [2.05, 4.69) is 10.6 Å². The van der Waals surface area contributed by atoms with Crippen molar-refractivity contribution in [3.63, 3.8) is 0 Å². The maximum atomic E-state index is 10.8. The lowest BCUT2D eigenvalue weighted by Gasteiger charge is -2.11. The number of aliphatic hydroxyl groups is 1. The van der Waals surface area contributed by atoms with E-state index in [9.17, 15) is 9.59 Å². The largest absolute Gasteiger partial charge is 0.387 e. The summed E-state index contributed by atoms with van der Waals surface area (Å²) in [7, 11) is 1.53. The fourth-order valence-electron chi connectivity index (χ4n) is 0.752. The highest BCUT2D eigenvalue weighted by Crippen LogP contribution is 1.89. The Bertz CT molecular complexity index is 152. The second-order valence-electron chi connectivity index (χ2n) is 2.50. The molecule has 0 aromatic heterocycles. The lowest BCUT2D eigenvalue weighted by molar-refractivity contribution is -0.125. The van der Waals surface area contributed by atoms with Gasteiger partial charge in [0.1, 0.15) is 6.61 Å². The molecule has 0 bridgehead atoms. The molecule has 0 saturated carbocycles. The normalized spacial score (nSPS) is 11.9. The number of aliphatic hydroxyl groups excluding tert-OH is 1. The summed E-state index contributed by atoms with van der Waals surface area (Å²) in [6.07, 6.45) is 0.224. The Morgan fingerprint density at radius 3 is 2.42 bits per heavy atom. The van der Waals surface area contributed by atoms with Crippen molar-refractivity contribution in [3.8, 4) is 0 Å². The Balaban J connectivity index is 3.66. The van der Waals surface area contributed by atoms with Gasteiger partial charge in [-0.15, -0.1) is 0 Å². The molecule has 0 saturated heterocycles. The molecule has 5 heteroatoms. The number of rotatable bonds is 4. The van der Waals surface area contributed by atoms with Crippen LogP contribution in [0, 0.1) is 0 Å². The number of carbonyl (C=O) groups is 2. The van der Waals surface area contributed by atoms with Crippen molar-refractivity contribution >= 4 is 11.8 Å². The molecule has 0 radical (unpaired) electrons. The lowest BCUT2D eigenvalue weighted by Crippen LogP contribution is -2.37. The molecule has 0 fully saturated rings. The van der Waals surface area contributed by atoms with E-state index in [1.165, 1.54) is 7.05 Å². The van der Waals surface area contributed by atoms with Gasteiger partial charge in [-0.25, -0.2) is 0 Å². The number of hydrogen-bond donors (Lipinski definition) is 3. The van der Waals surface area contributed by atoms with E-state index in [-0.39, 0.29) is 18.4 Å². The fraction of sp³-hybridized carbons (Fsp3) is 0.714. The minimum Gasteiger partial charge on any atom is -0.387 e. The van der Waals surface area contributed by atoms with Gasteiger partial charge < -0.3 is 15.7 Å². The predicted molar refractivity (Wildman–Crippen MR) is 43.4 cm³/mol. The van der Waals surface area contributed by atoms with Gasteiger partial charge in [0.2, 0.25) is 11.8 Å². The molecule has 0 spiro atoms. The zero-order chi connectivity index (χ0) is 9.56. The van der Waals surface area contributed by atoms with Crippen molar-refractivity contribution in [1.29, 1.82) is 0 Å². The van der Waals surface area contributed by atoms with Gasteiger partial charge in [0.15, 0.2) is 0 Å². The standard InChI is InChI=1S/C7H14N2O3/c1-5(3-6(11)8-2)9-7(12)4-10/h5,10H,3-4H2,1-2H3,(H,8,11)(H,9,12). The minimum absolute atomic E-state index is 0.138. The third-order valence-electron chi connectivity index (χ3n) is 1.32. The predicted octanol–water partition coefficient (Wildman–Crippen LogP) is -1.38. The highest BCUT2D eigenvalue weighted by molar-refractivity contribution is 5.79. The molecule has 1 unspecified atom stereocenters. The van der Waals surface area contributed by atoms with Crippen molar-refractivity contribution in [2.24, 2.45) is 0 Å². The summed E-state index contributed by atoms with van der Waals surface area (Å²) < 4.78 is 0. The SMILES string of the molecule is CNC(=O)CC(C)NC(=O)CO. The molecule has 12 heavy (non-hydrogen) atoms. The van der Waals surface area contributed by atoms with Crippen LogP contribution < -0.4 is 10.6 Å². The molecule has 0 rings (SSSR count). The molecular formula is C7H14N2O3. The van der Waals surface area contributed by atoms with E-state index in [1.54, 1.807) is 6.92 Å². The van der Waals surface area contributed by atoms with E-state index < -0.39 is 12.5 Å². The molecule has 0 aliphatic heterocycles. The number of hydrogen-bond acceptors (Lipinski definition) is 3. The van der Waals surface area contributed by atoms with Gasteiger partial charge in [-0.3, -0.25) is 9.59 Å². The molecule has 5 nitrogen and oxygen atoms in total. The Hall–Kier alpha value is -1.10. The van der Waals surface area contributed by atoms with Gasteiger partial charge in [0, 0.05) is 19.5 Å². The maximum Gasteiger partial charge on any atom is 0.245 e. The molecule has 0 aromatic rings. The van der Waals surface area contributed by atoms with E-state index in [4.69, 9.17) is 5.11 Å². The van der Waals surface area contributed by atoms with Gasteiger partial charge in [-0.05, 0) is 6.92 Å². The van der Waals surface area contributed by atoms with Crippen molar-refractivity contribution in [3.05, 3.63) is 0 Å². The molecule has 0 aliphatic rings. The van der Waals surface area contributed by atoms with Crippen LogP contribution in [0.2, 0.25) is 0 Å². The first kappa shape index (κ1) is 10.9. The van der Waals surface area contributed by atoms with Crippen LogP contribution in [0.3, 0.4) is 0 Å². The van der Waals surface area contributed by atoms with E-state index in [0.717, 1.165) is 0 Å². The molecule has 2 amide bonds. The second kappa shape index (κ2) is 5.54. The molecular weight excluding hydrogens is 160 g/mol. The average Bonchev–Trinajstić information content (AvgIpc) is 2.03. The van der Waals surface area contributed by atoms with Crippen molar-refractivity contribution < 1.29 is 14.7 Å². The first-order valence-electron chi connectivity index (χ1n) is 3.71. The third kappa shape index (κ3) is 4.68. The zero-order valence-electron chi connectivity index (χ0n) is 7.26. The Morgan fingerprint density at radius 1 is 1.42 bits per heavy atom. The first-order chi connectivity index (χ1) is 5.60. The lowest BCUT2D eigenvalue weighted by atomic mass is 10.2. The number of amides is 2. The third-order valence-corrected chi connectivity index (χ3v) is 1.32. The van der Waals surface area contributed by atoms with Gasteiger partial charge in [-0.2, -0.15) is 0 Å². The van der Waals surface area contributed by atoms with E-state index in [1.807, 2.05) is 0 Å². The Labute approximate surface area is 71.1 Å². The van der Waals surface area contributed by atoms with Crippen molar-refractivity contribution in [2.75, 3.05) is 13.7 Å². The number of nitrogens with one attached hydrogen (secondary N) is 2. The van der Waals surface area contributed by atoms with E-state index >= 15 is 0 Å². The summed E-state index contributed by atoms with van der Waals surface area (Å²) in [5.74, 6) is -0.604. The van der Waals surface area contributed by atoms with Crippen LogP contribution >= 0.6 is 0 Å². The van der Waals surface area contributed by atoms with Crippen molar-refractivity contribution in [2.45, 2.75) is 19.4 Å². The zero-order valence-corrected chi connectivity index (χ0v) is 7.26. The van der Waals surface area contributed by atoms with Crippen LogP contribution in [-0.4, -0.2) is 36.6 Å². The van der Waals surface area contributed by atoms with Gasteiger partial charge in [0.05, 0.1) is 0 Å². The van der Waals surface area contributed by atoms with E-state index in [0.29, 0.717) is 0 Å². The Kier molecular flexibility index (Phi) is 5.03. The average molecular weight is 174 g/mol. The van der Waals surface area contributed by atoms with Gasteiger partial charge >= 0.3 is 0 Å². The maximum absolute atomic E-state index is 10.8. The summed E-state index contributed by atoms with van der Waals surface area (Å²) >= 11 is 0. The van der Waals surface area contributed by atoms with Crippen LogP contribution in [-0.2, 0) is 9.59 Å². The summed E-state index contributed by atoms with van der Waals surface area (Å²) in [6.45, 7) is 1.15. The van der Waals surface area contributed by atoms with Crippen LogP contribution in [0.15, 0.2) is 0 Å². The molecule has 0 aliphatic carbocycles. The summed E-state index contributed by atoms with van der Waals surface area (Å²) in [5, 5.41) is 13.2. The highest BCUT2D eigenvalue weighted by Gasteiger charge is 2.09. The summed E-state index contributed by atoms with van der Waals surface area (Å²) in [4.78, 5) is 21.4. The number of carbonyl (C=O) groups excluding carboxylic acids is 2. The van der Waals surface area contributed by atoms with Crippen LogP contribution in [0.4, 0.5) is 0 Å². The molecule has 70 valence electrons. The summed E-state index contributed by atoms with van der Waals surface area (Å²) in [6, 6.07) is -0.246. The molecule has 0 aromatic carbocycles. The minimum atomic E-state index is -0.544. The fourth-order valence-corrected chi connectivity index (χ4v) is 0.752. The van der Waals surface area contributed by atoms with Crippen molar-refractivity contribution in [1.82, 2.24) is 10.6 Å². The summed E-state index contributed by atoms with van der Waals surface area (Å²) in [5.41, 5.74) is 0. The molecule has 1 atom stereocenters. The van der Waals surface area contributed by atoms with Gasteiger partial charge in [0.25, 0.3) is 0 Å². The first-order valence-corrected chi connectivity index (χ1v) is 3.71.